The third-order valence-electron chi connectivity index (χ3n) is 4.83. The second-order valence-corrected chi connectivity index (χ2v) is 6.29. The van der Waals surface area contributed by atoms with Crippen LogP contribution in [-0.2, 0) is 21.6 Å². The second kappa shape index (κ2) is 5.37. The van der Waals surface area contributed by atoms with Gasteiger partial charge in [-0.3, -0.25) is 4.79 Å². The Morgan fingerprint density at radius 2 is 1.96 bits per heavy atom. The van der Waals surface area contributed by atoms with E-state index in [9.17, 15) is 9.59 Å². The van der Waals surface area contributed by atoms with Gasteiger partial charge in [0, 0.05) is 16.8 Å². The van der Waals surface area contributed by atoms with Gasteiger partial charge in [0.1, 0.15) is 12.4 Å². The maximum atomic E-state index is 13.0. The molecule has 5 nitrogen and oxygen atoms in total. The molecule has 2 aliphatic heterocycles. The molecule has 0 spiro atoms. The number of nitrogens with one attached hydrogen (secondary N) is 1. The summed E-state index contributed by atoms with van der Waals surface area (Å²) in [5.74, 6) is 0.299. The number of amides is 1. The van der Waals surface area contributed by atoms with E-state index in [4.69, 9.17) is 9.47 Å². The molecule has 0 fully saturated rings. The zero-order chi connectivity index (χ0) is 16.7. The van der Waals surface area contributed by atoms with Crippen molar-refractivity contribution < 1.29 is 19.1 Å². The molecular weight excluding hydrogens is 306 g/mol. The van der Waals surface area contributed by atoms with E-state index in [1.54, 1.807) is 18.2 Å². The van der Waals surface area contributed by atoms with Gasteiger partial charge in [-0.15, -0.1) is 0 Å². The van der Waals surface area contributed by atoms with Crippen LogP contribution in [0.1, 0.15) is 34.8 Å². The Balaban J connectivity index is 1.68. The maximum absolute atomic E-state index is 13.0. The molecular formula is C19H17NO4. The first-order chi connectivity index (χ1) is 11.6. The Bertz CT molecular complexity index is 845. The molecule has 2 aromatic carbocycles. The number of hydrogen-bond donors (Lipinski definition) is 1. The van der Waals surface area contributed by atoms with Crippen molar-refractivity contribution >= 4 is 17.6 Å². The Hall–Kier alpha value is -2.82. The van der Waals surface area contributed by atoms with Crippen LogP contribution in [0.25, 0.3) is 0 Å². The van der Waals surface area contributed by atoms with Gasteiger partial charge < -0.3 is 14.8 Å². The Kier molecular flexibility index (Phi) is 3.30. The van der Waals surface area contributed by atoms with Crippen molar-refractivity contribution in [1.82, 2.24) is 0 Å². The lowest BCUT2D eigenvalue weighted by Gasteiger charge is -2.34. The van der Waals surface area contributed by atoms with Gasteiger partial charge in [0.15, 0.2) is 0 Å². The van der Waals surface area contributed by atoms with E-state index < -0.39 is 5.41 Å². The van der Waals surface area contributed by atoms with Crippen LogP contribution in [0, 0.1) is 0 Å². The highest BCUT2D eigenvalue weighted by Gasteiger charge is 2.40. The number of ether oxygens (including phenoxy) is 2. The minimum absolute atomic E-state index is 0.106. The van der Waals surface area contributed by atoms with E-state index in [0.29, 0.717) is 24.3 Å². The van der Waals surface area contributed by atoms with Gasteiger partial charge in [0.2, 0.25) is 5.91 Å². The topological polar surface area (TPSA) is 64.6 Å². The van der Waals surface area contributed by atoms with Crippen molar-refractivity contribution in [1.29, 1.82) is 0 Å². The number of benzene rings is 2. The van der Waals surface area contributed by atoms with Crippen molar-refractivity contribution in [2.45, 2.75) is 25.4 Å². The van der Waals surface area contributed by atoms with E-state index >= 15 is 0 Å². The minimum atomic E-state index is -0.680. The second-order valence-electron chi connectivity index (χ2n) is 6.29. The number of fused-ring (bicyclic) bond motifs is 2. The molecule has 0 aromatic heterocycles. The third kappa shape index (κ3) is 2.16. The van der Waals surface area contributed by atoms with Crippen LogP contribution in [-0.4, -0.2) is 18.5 Å². The molecule has 2 aliphatic rings. The Labute approximate surface area is 139 Å². The predicted octanol–water partition coefficient (Wildman–Crippen LogP) is 3.04. The summed E-state index contributed by atoms with van der Waals surface area (Å²) in [6, 6.07) is 12.9. The van der Waals surface area contributed by atoms with Crippen molar-refractivity contribution in [3.05, 3.63) is 59.2 Å². The van der Waals surface area contributed by atoms with E-state index in [0.717, 1.165) is 16.9 Å². The lowest BCUT2D eigenvalue weighted by atomic mass is 9.77. The smallest absolute Gasteiger partial charge is 0.338 e. The van der Waals surface area contributed by atoms with Gasteiger partial charge in [-0.25, -0.2) is 4.79 Å². The maximum Gasteiger partial charge on any atom is 0.338 e. The zero-order valence-corrected chi connectivity index (χ0v) is 13.3. The first-order valence-corrected chi connectivity index (χ1v) is 7.92. The summed E-state index contributed by atoms with van der Waals surface area (Å²) in [7, 11) is 0. The molecule has 2 heterocycles. The van der Waals surface area contributed by atoms with Crippen molar-refractivity contribution in [2.75, 3.05) is 11.9 Å². The van der Waals surface area contributed by atoms with Crippen LogP contribution in [0.3, 0.4) is 0 Å². The Morgan fingerprint density at radius 3 is 2.83 bits per heavy atom. The highest BCUT2D eigenvalue weighted by atomic mass is 16.5. The highest BCUT2D eigenvalue weighted by molar-refractivity contribution is 6.02. The molecule has 0 saturated heterocycles. The van der Waals surface area contributed by atoms with Gasteiger partial charge in [-0.1, -0.05) is 24.3 Å². The molecule has 1 unspecified atom stereocenters. The molecule has 0 bridgehead atoms. The van der Waals surface area contributed by atoms with E-state index in [1.807, 2.05) is 31.2 Å². The number of anilines is 1. The Morgan fingerprint density at radius 1 is 1.12 bits per heavy atom. The largest absolute Gasteiger partial charge is 0.493 e. The lowest BCUT2D eigenvalue weighted by Crippen LogP contribution is -2.41. The summed E-state index contributed by atoms with van der Waals surface area (Å²) in [5.41, 5.74) is 2.09. The number of rotatable bonds is 2. The van der Waals surface area contributed by atoms with E-state index in [1.165, 1.54) is 0 Å². The van der Waals surface area contributed by atoms with Crippen LogP contribution in [0.5, 0.6) is 5.75 Å². The lowest BCUT2D eigenvalue weighted by molar-refractivity contribution is -0.122. The standard InChI is InChI=1S/C19H17NO4/c1-19(9-10-23-16-8-3-2-6-14(16)19)18(22)20-15-7-4-5-12-13(15)11-24-17(12)21/h2-8H,9-11H2,1H3,(H,20,22). The zero-order valence-electron chi connectivity index (χ0n) is 13.3. The van der Waals surface area contributed by atoms with Crippen LogP contribution in [0.15, 0.2) is 42.5 Å². The van der Waals surface area contributed by atoms with Crippen LogP contribution in [0.4, 0.5) is 5.69 Å². The summed E-state index contributed by atoms with van der Waals surface area (Å²) in [6.45, 7) is 2.62. The number of cyclic esters (lactones) is 1. The summed E-state index contributed by atoms with van der Waals surface area (Å²) < 4.78 is 10.7. The summed E-state index contributed by atoms with van der Waals surface area (Å²) in [5, 5.41) is 2.99. The van der Waals surface area contributed by atoms with Crippen LogP contribution >= 0.6 is 0 Å². The summed E-state index contributed by atoms with van der Waals surface area (Å²) in [6.07, 6.45) is 0.598. The molecule has 5 heteroatoms. The normalized spacial score (nSPS) is 21.3. The van der Waals surface area contributed by atoms with Gasteiger partial charge >= 0.3 is 5.97 Å². The molecule has 24 heavy (non-hydrogen) atoms. The third-order valence-corrected chi connectivity index (χ3v) is 4.83. The molecule has 1 amide bonds. The van der Waals surface area contributed by atoms with Gasteiger partial charge in [-0.2, -0.15) is 0 Å². The van der Waals surface area contributed by atoms with Gasteiger partial charge in [-0.05, 0) is 31.5 Å². The molecule has 4 rings (SSSR count). The average Bonchev–Trinajstić information content (AvgIpc) is 2.98. The van der Waals surface area contributed by atoms with E-state index in [2.05, 4.69) is 5.32 Å². The molecule has 122 valence electrons. The van der Waals surface area contributed by atoms with Crippen molar-refractivity contribution in [3.8, 4) is 5.75 Å². The number of para-hydroxylation sites is 1. The average molecular weight is 323 g/mol. The summed E-state index contributed by atoms with van der Waals surface area (Å²) in [4.78, 5) is 24.7. The molecule has 0 aliphatic carbocycles. The quantitative estimate of drug-likeness (QED) is 0.863. The van der Waals surface area contributed by atoms with E-state index in [-0.39, 0.29) is 18.5 Å². The van der Waals surface area contributed by atoms with Gasteiger partial charge in [0.05, 0.1) is 17.6 Å². The molecule has 2 aromatic rings. The first kappa shape index (κ1) is 14.8. The minimum Gasteiger partial charge on any atom is -0.493 e. The molecule has 0 radical (unpaired) electrons. The molecule has 0 saturated carbocycles. The number of carbonyl (C=O) groups is 2. The fourth-order valence-corrected chi connectivity index (χ4v) is 3.31. The van der Waals surface area contributed by atoms with Crippen LogP contribution in [0.2, 0.25) is 0 Å². The van der Waals surface area contributed by atoms with Crippen molar-refractivity contribution in [3.63, 3.8) is 0 Å². The van der Waals surface area contributed by atoms with Crippen LogP contribution < -0.4 is 10.1 Å². The number of hydrogen-bond acceptors (Lipinski definition) is 4. The number of esters is 1. The fourth-order valence-electron chi connectivity index (χ4n) is 3.31. The fraction of sp³-hybridized carbons (Fsp3) is 0.263. The van der Waals surface area contributed by atoms with Crippen molar-refractivity contribution in [2.24, 2.45) is 0 Å². The monoisotopic (exact) mass is 323 g/mol. The van der Waals surface area contributed by atoms with Gasteiger partial charge in [0.25, 0.3) is 0 Å². The highest BCUT2D eigenvalue weighted by Crippen LogP contribution is 2.39. The molecule has 1 atom stereocenters. The SMILES string of the molecule is CC1(C(=O)Nc2cccc3c2COC3=O)CCOc2ccccc21. The summed E-state index contributed by atoms with van der Waals surface area (Å²) >= 11 is 0. The predicted molar refractivity (Wildman–Crippen MR) is 88.1 cm³/mol. The molecule has 1 N–H and O–H groups in total. The number of carbonyl (C=O) groups excluding carboxylic acids is 2. The first-order valence-electron chi connectivity index (χ1n) is 7.92.